The van der Waals surface area contributed by atoms with Gasteiger partial charge in [-0.25, -0.2) is 4.98 Å². The van der Waals surface area contributed by atoms with Crippen LogP contribution in [0.4, 0.5) is 0 Å². The molecule has 66 heavy (non-hydrogen) atoms. The summed E-state index contributed by atoms with van der Waals surface area (Å²) in [4.78, 5) is 22.4. The molecule has 3 N–H and O–H groups in total. The monoisotopic (exact) mass is 908 g/mol. The van der Waals surface area contributed by atoms with Crippen molar-refractivity contribution in [1.82, 2.24) is 20.2 Å². The van der Waals surface area contributed by atoms with Crippen LogP contribution >= 0.6 is 0 Å². The van der Waals surface area contributed by atoms with Crippen LogP contribution in [0.15, 0.2) is 149 Å². The lowest BCUT2D eigenvalue weighted by Crippen LogP contribution is -2.43. The summed E-state index contributed by atoms with van der Waals surface area (Å²) < 4.78 is 31.0. The van der Waals surface area contributed by atoms with Gasteiger partial charge in [-0.05, 0) is 109 Å². The van der Waals surface area contributed by atoms with E-state index in [-0.39, 0.29) is 22.6 Å². The van der Waals surface area contributed by atoms with E-state index >= 15 is 0 Å². The predicted octanol–water partition coefficient (Wildman–Crippen LogP) is 10.2. The Labute approximate surface area is 389 Å². The van der Waals surface area contributed by atoms with Gasteiger partial charge in [-0.3, -0.25) is 9.69 Å². The van der Waals surface area contributed by atoms with Crippen LogP contribution in [0.2, 0.25) is 18.1 Å². The average molecular weight is 909 g/mol. The van der Waals surface area contributed by atoms with Crippen LogP contribution in [0, 0.1) is 0 Å². The standard InChI is InChI=1S/C54H64N4O7Si/c1-53(2,3)66(6,7)65-49(46-27-29-48(51-47(46)28-30-50(59)57-51)63-38-40-21-23-43(61-5)24-22-40)36-55-32-31-39-19-25-44(26-20-39)62-34-14-33-58(4)37-45-35-56-52(64-45)54(60,41-15-10-8-11-16-41)42-17-12-9-13-18-42/h8-13,15-30,35,49,55,60H,14,31-34,36-38H2,1-7H3,(H,57,59)/t49-/m0/s1. The molecule has 0 spiro atoms. The van der Waals surface area contributed by atoms with Gasteiger partial charge in [0.25, 0.3) is 0 Å². The number of aliphatic hydroxyl groups is 1. The van der Waals surface area contributed by atoms with Crippen molar-refractivity contribution in [2.75, 3.05) is 40.4 Å². The fourth-order valence-corrected chi connectivity index (χ4v) is 8.96. The molecule has 0 amide bonds. The number of methoxy groups -OCH3 is 1. The minimum atomic E-state index is -2.21. The first-order valence-electron chi connectivity index (χ1n) is 22.7. The Kier molecular flexibility index (Phi) is 15.6. The topological polar surface area (TPSA) is 131 Å². The van der Waals surface area contributed by atoms with E-state index in [9.17, 15) is 9.90 Å². The van der Waals surface area contributed by atoms with Gasteiger partial charge in [0.05, 0.1) is 38.1 Å². The molecule has 0 radical (unpaired) electrons. The first-order valence-corrected chi connectivity index (χ1v) is 25.6. The van der Waals surface area contributed by atoms with Crippen molar-refractivity contribution in [2.24, 2.45) is 0 Å². The average Bonchev–Trinajstić information content (AvgIpc) is 3.80. The molecular formula is C54H64N4O7Si. The highest BCUT2D eigenvalue weighted by molar-refractivity contribution is 6.74. The van der Waals surface area contributed by atoms with E-state index in [2.05, 4.69) is 72.2 Å². The molecule has 0 bridgehead atoms. The van der Waals surface area contributed by atoms with Crippen molar-refractivity contribution >= 4 is 19.2 Å². The molecule has 0 unspecified atom stereocenters. The van der Waals surface area contributed by atoms with Crippen molar-refractivity contribution in [3.63, 3.8) is 0 Å². The number of H-pyrrole nitrogens is 1. The summed E-state index contributed by atoms with van der Waals surface area (Å²) in [6, 6.07) is 42.5. The molecule has 12 heteroatoms. The first-order chi connectivity index (χ1) is 31.7. The Morgan fingerprint density at radius 3 is 2.12 bits per heavy atom. The van der Waals surface area contributed by atoms with E-state index < -0.39 is 13.9 Å². The Bertz CT molecular complexity index is 2620. The van der Waals surface area contributed by atoms with Crippen LogP contribution in [0.5, 0.6) is 17.2 Å². The summed E-state index contributed by atoms with van der Waals surface area (Å²) >= 11 is 0. The van der Waals surface area contributed by atoms with Crippen molar-refractivity contribution in [2.45, 2.75) is 76.6 Å². The molecular weight excluding hydrogens is 845 g/mol. The first kappa shape index (κ1) is 47.9. The molecule has 7 rings (SSSR count). The molecule has 7 aromatic rings. The number of nitrogens with one attached hydrogen (secondary N) is 2. The molecule has 0 aliphatic carbocycles. The van der Waals surface area contributed by atoms with Gasteiger partial charge in [0, 0.05) is 24.5 Å². The van der Waals surface area contributed by atoms with E-state index in [4.69, 9.17) is 23.1 Å². The molecule has 346 valence electrons. The Hall–Kier alpha value is -6.02. The fourth-order valence-electron chi connectivity index (χ4n) is 7.69. The number of nitrogens with zero attached hydrogens (tertiary/aromatic N) is 2. The third kappa shape index (κ3) is 11.9. The Balaban J connectivity index is 0.909. The molecule has 2 heterocycles. The summed E-state index contributed by atoms with van der Waals surface area (Å²) in [7, 11) is 1.47. The quantitative estimate of drug-likeness (QED) is 0.0446. The van der Waals surface area contributed by atoms with Gasteiger partial charge in [0.1, 0.15) is 29.6 Å². The molecule has 0 aliphatic heterocycles. The van der Waals surface area contributed by atoms with Gasteiger partial charge in [-0.2, -0.15) is 0 Å². The minimum Gasteiger partial charge on any atom is -0.497 e. The normalized spacial score (nSPS) is 12.7. The number of oxazole rings is 1. The second-order valence-electron chi connectivity index (χ2n) is 18.4. The second-order valence-corrected chi connectivity index (χ2v) is 23.1. The number of aromatic nitrogens is 2. The third-order valence-corrected chi connectivity index (χ3v) is 17.0. The number of rotatable bonds is 22. The molecule has 2 aromatic heterocycles. The van der Waals surface area contributed by atoms with Gasteiger partial charge >= 0.3 is 0 Å². The van der Waals surface area contributed by atoms with Gasteiger partial charge in [-0.15, -0.1) is 0 Å². The van der Waals surface area contributed by atoms with E-state index in [1.165, 1.54) is 5.56 Å². The molecule has 1 atom stereocenters. The lowest BCUT2D eigenvalue weighted by Gasteiger charge is -2.39. The Morgan fingerprint density at radius 1 is 0.818 bits per heavy atom. The van der Waals surface area contributed by atoms with Crippen molar-refractivity contribution in [1.29, 1.82) is 0 Å². The number of hydrogen-bond donors (Lipinski definition) is 3. The maximum absolute atomic E-state index is 12.6. The summed E-state index contributed by atoms with van der Waals surface area (Å²) in [6.07, 6.45) is 3.10. The lowest BCUT2D eigenvalue weighted by molar-refractivity contribution is 0.0899. The van der Waals surface area contributed by atoms with E-state index in [0.29, 0.717) is 54.5 Å². The van der Waals surface area contributed by atoms with E-state index in [0.717, 1.165) is 53.9 Å². The largest absolute Gasteiger partial charge is 0.497 e. The highest BCUT2D eigenvalue weighted by Gasteiger charge is 2.40. The van der Waals surface area contributed by atoms with Crippen LogP contribution in [0.3, 0.4) is 0 Å². The van der Waals surface area contributed by atoms with Crippen molar-refractivity contribution in [3.8, 4) is 17.2 Å². The SMILES string of the molecule is COc1ccc(COc2ccc([C@H](CNCCc3ccc(OCCCN(C)Cc4cnc(C(O)(c5ccccc5)c5ccccc5)o4)cc3)O[Si](C)(C)C(C)(C)C)c3ccc(=O)[nH]c23)cc1. The third-order valence-electron chi connectivity index (χ3n) is 12.5. The molecule has 0 saturated carbocycles. The van der Waals surface area contributed by atoms with Crippen molar-refractivity contribution < 1.29 is 28.2 Å². The van der Waals surface area contributed by atoms with Crippen LogP contribution in [-0.2, 0) is 29.6 Å². The van der Waals surface area contributed by atoms with Gasteiger partial charge in [0.2, 0.25) is 11.4 Å². The number of aromatic amines is 1. The zero-order chi connectivity index (χ0) is 46.7. The maximum atomic E-state index is 12.6. The number of ether oxygens (including phenoxy) is 3. The maximum Gasteiger partial charge on any atom is 0.248 e. The zero-order valence-corrected chi connectivity index (χ0v) is 40.3. The van der Waals surface area contributed by atoms with Crippen LogP contribution in [0.1, 0.15) is 72.8 Å². The van der Waals surface area contributed by atoms with Crippen LogP contribution in [-0.4, -0.2) is 68.7 Å². The number of benzene rings is 5. The molecule has 5 aromatic carbocycles. The number of hydrogen-bond acceptors (Lipinski definition) is 10. The molecule has 0 saturated heterocycles. The van der Waals surface area contributed by atoms with Crippen molar-refractivity contribution in [3.05, 3.63) is 189 Å². The predicted molar refractivity (Wildman–Crippen MR) is 264 cm³/mol. The second kappa shape index (κ2) is 21.5. The lowest BCUT2D eigenvalue weighted by atomic mass is 9.86. The number of fused-ring (bicyclic) bond motifs is 1. The smallest absolute Gasteiger partial charge is 0.248 e. The molecule has 0 fully saturated rings. The highest BCUT2D eigenvalue weighted by Crippen LogP contribution is 2.41. The minimum absolute atomic E-state index is 0.0000217. The molecule has 0 aliphatic rings. The summed E-state index contributed by atoms with van der Waals surface area (Å²) in [5, 5.41) is 16.6. The van der Waals surface area contributed by atoms with Gasteiger partial charge in [0.15, 0.2) is 13.9 Å². The summed E-state index contributed by atoms with van der Waals surface area (Å²) in [6.45, 7) is 14.9. The van der Waals surface area contributed by atoms with E-state index in [1.807, 2.05) is 116 Å². The van der Waals surface area contributed by atoms with Gasteiger partial charge in [-0.1, -0.05) is 112 Å². The summed E-state index contributed by atoms with van der Waals surface area (Å²) in [5.74, 6) is 3.14. The Morgan fingerprint density at radius 2 is 1.47 bits per heavy atom. The fraction of sp³-hybridized carbons (Fsp3) is 0.333. The van der Waals surface area contributed by atoms with E-state index in [1.54, 1.807) is 19.4 Å². The highest BCUT2D eigenvalue weighted by atomic mass is 28.4. The number of pyridine rings is 1. The molecule has 11 nitrogen and oxygen atoms in total. The van der Waals surface area contributed by atoms with Gasteiger partial charge < -0.3 is 38.5 Å². The van der Waals surface area contributed by atoms with Crippen LogP contribution < -0.4 is 25.1 Å². The zero-order valence-electron chi connectivity index (χ0n) is 39.3. The summed E-state index contributed by atoms with van der Waals surface area (Å²) in [5.41, 5.74) is 3.55. The van der Waals surface area contributed by atoms with Crippen LogP contribution in [0.25, 0.3) is 10.9 Å².